The fourth-order valence-corrected chi connectivity index (χ4v) is 1.92. The van der Waals surface area contributed by atoms with Crippen LogP contribution < -0.4 is 4.74 Å². The van der Waals surface area contributed by atoms with Gasteiger partial charge in [-0.2, -0.15) is 0 Å². The van der Waals surface area contributed by atoms with E-state index in [0.29, 0.717) is 0 Å². The molecule has 0 fully saturated rings. The van der Waals surface area contributed by atoms with E-state index in [0.717, 1.165) is 24.4 Å². The Bertz CT molecular complexity index is 529. The maximum absolute atomic E-state index is 5.14. The largest absolute Gasteiger partial charge is 0.497 e. The van der Waals surface area contributed by atoms with E-state index >= 15 is 0 Å². The first kappa shape index (κ1) is 13.3. The van der Waals surface area contributed by atoms with Crippen molar-refractivity contribution in [2.75, 3.05) is 13.7 Å². The van der Waals surface area contributed by atoms with E-state index in [1.165, 1.54) is 11.1 Å². The number of aliphatic imine (C=N–C) groups is 1. The molecule has 0 spiro atoms. The number of rotatable bonds is 5. The van der Waals surface area contributed by atoms with Gasteiger partial charge in [-0.05, 0) is 36.6 Å². The molecule has 0 aromatic heterocycles. The molecule has 0 heterocycles. The Hall–Kier alpha value is -2.09. The maximum Gasteiger partial charge on any atom is 0.118 e. The Labute approximate surface area is 114 Å². The van der Waals surface area contributed by atoms with Gasteiger partial charge in [0.15, 0.2) is 0 Å². The van der Waals surface area contributed by atoms with Crippen LogP contribution >= 0.6 is 0 Å². The van der Waals surface area contributed by atoms with Gasteiger partial charge in [-0.1, -0.05) is 42.5 Å². The summed E-state index contributed by atoms with van der Waals surface area (Å²) in [6, 6.07) is 18.4. The van der Waals surface area contributed by atoms with Crippen LogP contribution in [0.1, 0.15) is 18.1 Å². The molecule has 2 aromatic rings. The normalized spacial score (nSPS) is 11.4. The zero-order valence-electron chi connectivity index (χ0n) is 11.5. The van der Waals surface area contributed by atoms with E-state index in [9.17, 15) is 0 Å². The lowest BCUT2D eigenvalue weighted by molar-refractivity contribution is 0.414. The van der Waals surface area contributed by atoms with Crippen molar-refractivity contribution in [3.8, 4) is 5.75 Å². The monoisotopic (exact) mass is 253 g/mol. The van der Waals surface area contributed by atoms with Crippen LogP contribution in [-0.2, 0) is 6.42 Å². The van der Waals surface area contributed by atoms with Gasteiger partial charge < -0.3 is 4.74 Å². The number of hydrogen-bond acceptors (Lipinski definition) is 2. The predicted molar refractivity (Wildman–Crippen MR) is 80.2 cm³/mol. The van der Waals surface area contributed by atoms with Gasteiger partial charge in [0.2, 0.25) is 0 Å². The minimum Gasteiger partial charge on any atom is -0.497 e. The number of benzene rings is 2. The summed E-state index contributed by atoms with van der Waals surface area (Å²) in [6.45, 7) is 2.87. The van der Waals surface area contributed by atoms with E-state index in [2.05, 4.69) is 36.2 Å². The number of methoxy groups -OCH3 is 1. The molecule has 2 nitrogen and oxygen atoms in total. The van der Waals surface area contributed by atoms with E-state index in [1.54, 1.807) is 7.11 Å². The zero-order chi connectivity index (χ0) is 13.5. The van der Waals surface area contributed by atoms with Crippen LogP contribution in [0.15, 0.2) is 59.6 Å². The highest BCUT2D eigenvalue weighted by molar-refractivity contribution is 5.98. The second kappa shape index (κ2) is 6.74. The molecule has 2 heteroatoms. The second-order valence-corrected chi connectivity index (χ2v) is 4.43. The van der Waals surface area contributed by atoms with E-state index in [4.69, 9.17) is 4.74 Å². The maximum atomic E-state index is 5.14. The topological polar surface area (TPSA) is 21.6 Å². The van der Waals surface area contributed by atoms with Crippen LogP contribution in [0.25, 0.3) is 0 Å². The molecule has 0 aliphatic heterocycles. The van der Waals surface area contributed by atoms with Crippen LogP contribution in [0.2, 0.25) is 0 Å². The molecule has 0 saturated heterocycles. The van der Waals surface area contributed by atoms with Crippen molar-refractivity contribution in [3.63, 3.8) is 0 Å². The molecule has 0 aliphatic rings. The van der Waals surface area contributed by atoms with Gasteiger partial charge in [-0.15, -0.1) is 0 Å². The highest BCUT2D eigenvalue weighted by Crippen LogP contribution is 2.11. The van der Waals surface area contributed by atoms with Gasteiger partial charge >= 0.3 is 0 Å². The summed E-state index contributed by atoms with van der Waals surface area (Å²) in [5, 5.41) is 0. The molecular formula is C17H19NO. The third-order valence-corrected chi connectivity index (χ3v) is 3.10. The van der Waals surface area contributed by atoms with Crippen molar-refractivity contribution in [2.45, 2.75) is 13.3 Å². The van der Waals surface area contributed by atoms with Gasteiger partial charge in [0.1, 0.15) is 5.75 Å². The molecule has 0 amide bonds. The Morgan fingerprint density at radius 1 is 1.00 bits per heavy atom. The third kappa shape index (κ3) is 3.95. The first-order chi connectivity index (χ1) is 9.29. The fourth-order valence-electron chi connectivity index (χ4n) is 1.92. The summed E-state index contributed by atoms with van der Waals surface area (Å²) < 4.78 is 5.14. The van der Waals surface area contributed by atoms with Crippen molar-refractivity contribution in [1.29, 1.82) is 0 Å². The van der Waals surface area contributed by atoms with Gasteiger partial charge in [-0.3, -0.25) is 4.99 Å². The summed E-state index contributed by atoms with van der Waals surface area (Å²) >= 11 is 0. The average Bonchev–Trinajstić information content (AvgIpc) is 2.49. The van der Waals surface area contributed by atoms with Crippen molar-refractivity contribution in [1.82, 2.24) is 0 Å². The summed E-state index contributed by atoms with van der Waals surface area (Å²) in [5.74, 6) is 0.896. The first-order valence-electron chi connectivity index (χ1n) is 6.49. The van der Waals surface area contributed by atoms with Crippen LogP contribution in [0, 0.1) is 0 Å². The van der Waals surface area contributed by atoms with Crippen molar-refractivity contribution in [3.05, 3.63) is 65.7 Å². The van der Waals surface area contributed by atoms with Gasteiger partial charge in [-0.25, -0.2) is 0 Å². The molecule has 98 valence electrons. The van der Waals surface area contributed by atoms with E-state index in [-0.39, 0.29) is 0 Å². The standard InChI is InChI=1S/C17H19NO/c1-14(16-6-4-3-5-7-16)18-13-12-15-8-10-17(19-2)11-9-15/h3-11H,12-13H2,1-2H3. The molecule has 19 heavy (non-hydrogen) atoms. The summed E-state index contributed by atoms with van der Waals surface area (Å²) in [4.78, 5) is 4.62. The van der Waals surface area contributed by atoms with Crippen molar-refractivity contribution in [2.24, 2.45) is 4.99 Å². The van der Waals surface area contributed by atoms with Crippen LogP contribution in [0.5, 0.6) is 5.75 Å². The Morgan fingerprint density at radius 2 is 1.68 bits per heavy atom. The highest BCUT2D eigenvalue weighted by Gasteiger charge is 1.96. The molecule has 0 bridgehead atoms. The minimum atomic E-state index is 0.813. The molecule has 2 rings (SSSR count). The molecule has 0 unspecified atom stereocenters. The highest BCUT2D eigenvalue weighted by atomic mass is 16.5. The lowest BCUT2D eigenvalue weighted by Crippen LogP contribution is -1.98. The average molecular weight is 253 g/mol. The molecule has 0 atom stereocenters. The fraction of sp³-hybridized carbons (Fsp3) is 0.235. The lowest BCUT2D eigenvalue weighted by Gasteiger charge is -2.03. The van der Waals surface area contributed by atoms with Crippen LogP contribution in [0.4, 0.5) is 0 Å². The second-order valence-electron chi connectivity index (χ2n) is 4.43. The number of hydrogen-bond donors (Lipinski definition) is 0. The van der Waals surface area contributed by atoms with Crippen molar-refractivity contribution < 1.29 is 4.74 Å². The summed E-state index contributed by atoms with van der Waals surface area (Å²) in [6.07, 6.45) is 0.953. The third-order valence-electron chi connectivity index (χ3n) is 3.10. The van der Waals surface area contributed by atoms with Gasteiger partial charge in [0, 0.05) is 12.3 Å². The molecule has 0 N–H and O–H groups in total. The van der Waals surface area contributed by atoms with Gasteiger partial charge in [0.05, 0.1) is 7.11 Å². The SMILES string of the molecule is COc1ccc(CCN=C(C)c2ccccc2)cc1. The number of ether oxygens (including phenoxy) is 1. The summed E-state index contributed by atoms with van der Waals surface area (Å²) in [7, 11) is 1.68. The minimum absolute atomic E-state index is 0.813. The molecule has 0 radical (unpaired) electrons. The smallest absolute Gasteiger partial charge is 0.118 e. The molecule has 0 aliphatic carbocycles. The van der Waals surface area contributed by atoms with E-state index < -0.39 is 0 Å². The predicted octanol–water partition coefficient (Wildman–Crippen LogP) is 3.75. The Kier molecular flexibility index (Phi) is 4.73. The Morgan fingerprint density at radius 3 is 2.32 bits per heavy atom. The zero-order valence-corrected chi connectivity index (χ0v) is 11.5. The molecular weight excluding hydrogens is 234 g/mol. The Balaban J connectivity index is 1.92. The number of nitrogens with zero attached hydrogens (tertiary/aromatic N) is 1. The first-order valence-corrected chi connectivity index (χ1v) is 6.49. The van der Waals surface area contributed by atoms with Gasteiger partial charge in [0.25, 0.3) is 0 Å². The van der Waals surface area contributed by atoms with Crippen molar-refractivity contribution >= 4 is 5.71 Å². The summed E-state index contributed by atoms with van der Waals surface area (Å²) in [5.41, 5.74) is 3.57. The van der Waals surface area contributed by atoms with Crippen LogP contribution in [0.3, 0.4) is 0 Å². The quantitative estimate of drug-likeness (QED) is 0.744. The molecule has 2 aromatic carbocycles. The van der Waals surface area contributed by atoms with Crippen LogP contribution in [-0.4, -0.2) is 19.4 Å². The van der Waals surface area contributed by atoms with E-state index in [1.807, 2.05) is 30.3 Å². The lowest BCUT2D eigenvalue weighted by atomic mass is 10.1. The molecule has 0 saturated carbocycles.